The van der Waals surface area contributed by atoms with Crippen molar-refractivity contribution in [2.24, 2.45) is 0 Å². The third-order valence-electron chi connectivity index (χ3n) is 6.98. The Morgan fingerprint density at radius 1 is 0.523 bits per heavy atom. The lowest BCUT2D eigenvalue weighted by Gasteiger charge is -2.32. The molecule has 44 heavy (non-hydrogen) atoms. The van der Waals surface area contributed by atoms with E-state index in [2.05, 4.69) is 44.8 Å². The number of rotatable bonds is 29. The maximum absolute atomic E-state index is 12.5. The van der Waals surface area contributed by atoms with E-state index in [-0.39, 0.29) is 75.0 Å². The minimum atomic E-state index is -0.613. The Kier molecular flexibility index (Phi) is 28.5. The summed E-state index contributed by atoms with van der Waals surface area (Å²) >= 11 is 12.3. The Labute approximate surface area is 280 Å². The van der Waals surface area contributed by atoms with E-state index in [1.54, 1.807) is 14.2 Å². The zero-order valence-corrected chi connectivity index (χ0v) is 29.6. The number of ether oxygens (including phenoxy) is 6. The van der Waals surface area contributed by atoms with Gasteiger partial charge in [-0.25, -0.2) is 0 Å². The molecule has 0 heterocycles. The Morgan fingerprint density at radius 2 is 0.932 bits per heavy atom. The van der Waals surface area contributed by atoms with Crippen molar-refractivity contribution in [3.63, 3.8) is 0 Å². The first-order valence-electron chi connectivity index (χ1n) is 15.8. The lowest BCUT2D eigenvalue weighted by atomic mass is 9.95. The van der Waals surface area contributed by atoms with E-state index in [1.165, 1.54) is 0 Å². The molecule has 4 unspecified atom stereocenters. The Hall–Kier alpha value is -1.15. The van der Waals surface area contributed by atoms with Gasteiger partial charge in [0.05, 0.1) is 31.5 Å². The number of unbranched alkanes of at least 4 members (excludes halogenated alkanes) is 6. The molecule has 0 aliphatic heterocycles. The number of hydrogen-bond acceptors (Lipinski definition) is 13. The van der Waals surface area contributed by atoms with Crippen LogP contribution in [-0.2, 0) is 47.6 Å². The first-order valence-corrected chi connectivity index (χ1v) is 17.7. The highest BCUT2D eigenvalue weighted by atomic mass is 32.1. The van der Waals surface area contributed by atoms with Gasteiger partial charge in [0.1, 0.15) is 25.4 Å². The second-order valence-corrected chi connectivity index (χ2v) is 11.8. The van der Waals surface area contributed by atoms with Gasteiger partial charge in [0.15, 0.2) is 0 Å². The van der Waals surface area contributed by atoms with E-state index in [9.17, 15) is 19.2 Å². The maximum Gasteiger partial charge on any atom is 0.306 e. The normalized spacial score (nSPS) is 13.9. The van der Waals surface area contributed by atoms with Crippen LogP contribution in [0.25, 0.3) is 0 Å². The lowest BCUT2D eigenvalue weighted by Crippen LogP contribution is -2.42. The van der Waals surface area contributed by atoms with Gasteiger partial charge in [-0.15, -0.1) is 0 Å². The summed E-state index contributed by atoms with van der Waals surface area (Å²) in [6, 6.07) is 0. The predicted octanol–water partition coefficient (Wildman–Crippen LogP) is 5.59. The molecule has 0 rings (SSSR count). The Bertz CT molecular complexity index is 771. The lowest BCUT2D eigenvalue weighted by molar-refractivity contribution is -0.169. The smallest absolute Gasteiger partial charge is 0.306 e. The fourth-order valence-corrected chi connectivity index (χ4v) is 5.15. The molecule has 0 fully saturated rings. The summed E-state index contributed by atoms with van der Waals surface area (Å²) < 4.78 is 33.2. The molecule has 0 aromatic heterocycles. The van der Waals surface area contributed by atoms with Gasteiger partial charge in [0, 0.05) is 44.3 Å². The van der Waals surface area contributed by atoms with Gasteiger partial charge in [-0.2, -0.15) is 37.9 Å². The van der Waals surface area contributed by atoms with Gasteiger partial charge in [0.25, 0.3) is 0 Å². The van der Waals surface area contributed by atoms with Gasteiger partial charge in [-0.1, -0.05) is 51.9 Å². The Balaban J connectivity index is 4.83. The molecule has 4 atom stereocenters. The summed E-state index contributed by atoms with van der Waals surface area (Å²) in [4.78, 5) is 48.1. The maximum atomic E-state index is 12.5. The first-order chi connectivity index (χ1) is 21.3. The minimum Gasteiger partial charge on any atom is -0.462 e. The molecule has 0 aromatic carbocycles. The summed E-state index contributed by atoms with van der Waals surface area (Å²) in [5.41, 5.74) is 0. The summed E-state index contributed by atoms with van der Waals surface area (Å²) in [5, 5.41) is 0. The van der Waals surface area contributed by atoms with Crippen LogP contribution in [0.1, 0.15) is 103 Å². The van der Waals surface area contributed by atoms with Crippen molar-refractivity contribution in [3.8, 4) is 0 Å². The van der Waals surface area contributed by atoms with Crippen molar-refractivity contribution in [3.05, 3.63) is 0 Å². The third kappa shape index (κ3) is 22.4. The molecule has 0 amide bonds. The topological polar surface area (TPSA) is 124 Å². The molecule has 10 nitrogen and oxygen atoms in total. The van der Waals surface area contributed by atoms with Gasteiger partial charge >= 0.3 is 23.9 Å². The summed E-state index contributed by atoms with van der Waals surface area (Å²) in [5.74, 6) is -0.224. The van der Waals surface area contributed by atoms with Crippen LogP contribution in [0.2, 0.25) is 0 Å². The van der Waals surface area contributed by atoms with Crippen LogP contribution in [-0.4, -0.2) is 93.0 Å². The van der Waals surface area contributed by atoms with Crippen molar-refractivity contribution in [2.75, 3.05) is 44.7 Å². The third-order valence-corrected chi connectivity index (χ3v) is 7.65. The zero-order chi connectivity index (χ0) is 33.0. The number of thiol groups is 3. The van der Waals surface area contributed by atoms with E-state index < -0.39 is 12.2 Å². The van der Waals surface area contributed by atoms with E-state index in [0.717, 1.165) is 51.4 Å². The average molecular weight is 685 g/mol. The number of carbonyl (C=O) groups is 4. The van der Waals surface area contributed by atoms with E-state index >= 15 is 0 Å². The van der Waals surface area contributed by atoms with E-state index in [0.29, 0.717) is 36.5 Å². The molecule has 0 bridgehead atoms. The number of hydrogen-bond donors (Lipinski definition) is 3. The molecule has 0 aliphatic carbocycles. The largest absolute Gasteiger partial charge is 0.462 e. The number of methoxy groups -OCH3 is 2. The zero-order valence-electron chi connectivity index (χ0n) is 26.9. The SMILES string of the molecule is CCCCC(OC)C(CC(OC(=O)CCS)C(CCCCCCCCC(=O)OCCOC(=O)CCS)OC)OC(=O)CCS. The molecule has 0 saturated carbocycles. The fraction of sp³-hybridized carbons (Fsp3) is 0.871. The summed E-state index contributed by atoms with van der Waals surface area (Å²) in [6.45, 7) is 2.21. The second-order valence-electron chi connectivity index (χ2n) is 10.5. The van der Waals surface area contributed by atoms with E-state index in [1.807, 2.05) is 0 Å². The van der Waals surface area contributed by atoms with Crippen molar-refractivity contribution in [1.29, 1.82) is 0 Å². The van der Waals surface area contributed by atoms with Gasteiger partial charge in [-0.3, -0.25) is 19.2 Å². The highest BCUT2D eigenvalue weighted by Crippen LogP contribution is 2.24. The highest BCUT2D eigenvalue weighted by molar-refractivity contribution is 7.80. The van der Waals surface area contributed by atoms with Crippen molar-refractivity contribution in [1.82, 2.24) is 0 Å². The average Bonchev–Trinajstić information content (AvgIpc) is 2.99. The number of carbonyl (C=O) groups excluding carboxylic acids is 4. The van der Waals surface area contributed by atoms with Crippen molar-refractivity contribution in [2.45, 2.75) is 128 Å². The van der Waals surface area contributed by atoms with Crippen molar-refractivity contribution < 1.29 is 47.6 Å². The molecule has 0 spiro atoms. The molecular weight excluding hydrogens is 629 g/mol. The standard InChI is InChI=1S/C31H56O10S3/c1-4-5-12-24(36-2)26(40-30(34)16-21-43)23-27(41-31(35)17-22-44)25(37-3)13-10-8-6-7-9-11-14-28(32)38-18-19-39-29(33)15-20-42/h24-27,42-44H,4-23H2,1-3H3. The van der Waals surface area contributed by atoms with Crippen molar-refractivity contribution >= 4 is 61.8 Å². The van der Waals surface area contributed by atoms with Crippen LogP contribution >= 0.6 is 37.9 Å². The molecule has 13 heteroatoms. The first kappa shape index (κ1) is 42.9. The van der Waals surface area contributed by atoms with Crippen LogP contribution < -0.4 is 0 Å². The monoisotopic (exact) mass is 684 g/mol. The second kappa shape index (κ2) is 29.3. The molecule has 0 aromatic rings. The van der Waals surface area contributed by atoms with Gasteiger partial charge in [0.2, 0.25) is 0 Å². The van der Waals surface area contributed by atoms with Crippen LogP contribution in [0.3, 0.4) is 0 Å². The molecule has 0 aliphatic rings. The van der Waals surface area contributed by atoms with Crippen LogP contribution in [0.15, 0.2) is 0 Å². The molecule has 258 valence electrons. The quantitative estimate of drug-likeness (QED) is 0.0398. The minimum absolute atomic E-state index is 0.0593. The fourth-order valence-electron chi connectivity index (χ4n) is 4.60. The summed E-state index contributed by atoms with van der Waals surface area (Å²) in [7, 11) is 3.20. The van der Waals surface area contributed by atoms with Crippen LogP contribution in [0.5, 0.6) is 0 Å². The molecule has 0 radical (unpaired) electrons. The predicted molar refractivity (Wildman–Crippen MR) is 180 cm³/mol. The molecular formula is C31H56O10S3. The van der Waals surface area contributed by atoms with Crippen LogP contribution in [0.4, 0.5) is 0 Å². The molecule has 0 N–H and O–H groups in total. The highest BCUT2D eigenvalue weighted by Gasteiger charge is 2.34. The Morgan fingerprint density at radius 3 is 1.39 bits per heavy atom. The van der Waals surface area contributed by atoms with Gasteiger partial charge in [-0.05, 0) is 19.3 Å². The molecule has 0 saturated heterocycles. The van der Waals surface area contributed by atoms with E-state index in [4.69, 9.17) is 28.4 Å². The summed E-state index contributed by atoms with van der Waals surface area (Å²) in [6.07, 6.45) is 7.94. The number of esters is 4. The van der Waals surface area contributed by atoms with Crippen LogP contribution in [0, 0.1) is 0 Å². The van der Waals surface area contributed by atoms with Gasteiger partial charge < -0.3 is 28.4 Å².